The lowest BCUT2D eigenvalue weighted by atomic mass is 10.1. The van der Waals surface area contributed by atoms with E-state index in [2.05, 4.69) is 10.0 Å². The maximum absolute atomic E-state index is 11.0. The molecule has 1 heterocycles. The second kappa shape index (κ2) is 3.40. The van der Waals surface area contributed by atoms with Crippen LogP contribution in [0.4, 0.5) is 0 Å². The first-order valence-corrected chi connectivity index (χ1v) is 5.63. The number of carbonyl (C=O) groups excluding carboxylic acids is 1. The van der Waals surface area contributed by atoms with Crippen LogP contribution < -0.4 is 10.0 Å². The Balaban J connectivity index is 2.56. The molecule has 0 radical (unpaired) electrons. The molecule has 0 aliphatic carbocycles. The van der Waals surface area contributed by atoms with Crippen molar-refractivity contribution in [1.82, 2.24) is 10.0 Å². The smallest absolute Gasteiger partial charge is 0.238 e. The van der Waals surface area contributed by atoms with Gasteiger partial charge in [0.15, 0.2) is 0 Å². The van der Waals surface area contributed by atoms with Crippen molar-refractivity contribution < 1.29 is 13.2 Å². The summed E-state index contributed by atoms with van der Waals surface area (Å²) in [6, 6.07) is -0.575. The van der Waals surface area contributed by atoms with Crippen LogP contribution in [0.1, 0.15) is 12.8 Å². The van der Waals surface area contributed by atoms with Gasteiger partial charge < -0.3 is 5.32 Å². The number of rotatable bonds is 2. The third-order valence-electron chi connectivity index (χ3n) is 1.64. The molecule has 1 aliphatic rings. The summed E-state index contributed by atoms with van der Waals surface area (Å²) in [6.45, 7) is 0.640. The second-order valence-corrected chi connectivity index (χ2v) is 4.66. The summed E-state index contributed by atoms with van der Waals surface area (Å²) in [7, 11) is -3.27. The van der Waals surface area contributed by atoms with Gasteiger partial charge in [0.25, 0.3) is 0 Å². The minimum atomic E-state index is -3.27. The van der Waals surface area contributed by atoms with Crippen LogP contribution in [0.3, 0.4) is 0 Å². The molecule has 1 fully saturated rings. The Bertz CT molecular complexity index is 273. The number of piperidine rings is 1. The minimum absolute atomic E-state index is 0.230. The van der Waals surface area contributed by atoms with Gasteiger partial charge in [0.1, 0.15) is 6.04 Å². The molecule has 0 aromatic rings. The van der Waals surface area contributed by atoms with Gasteiger partial charge in [0.05, 0.1) is 6.26 Å². The first-order chi connectivity index (χ1) is 5.49. The molecule has 0 spiro atoms. The van der Waals surface area contributed by atoms with Crippen LogP contribution >= 0.6 is 0 Å². The molecule has 1 amide bonds. The predicted octanol–water partition coefficient (Wildman–Crippen LogP) is -1.19. The highest BCUT2D eigenvalue weighted by atomic mass is 32.2. The fourth-order valence-electron chi connectivity index (χ4n) is 1.14. The van der Waals surface area contributed by atoms with E-state index in [1.165, 1.54) is 0 Å². The van der Waals surface area contributed by atoms with Crippen molar-refractivity contribution in [2.75, 3.05) is 12.8 Å². The summed E-state index contributed by atoms with van der Waals surface area (Å²) in [4.78, 5) is 11.0. The molecule has 0 aromatic heterocycles. The minimum Gasteiger partial charge on any atom is -0.355 e. The van der Waals surface area contributed by atoms with Gasteiger partial charge in [-0.3, -0.25) is 4.79 Å². The van der Waals surface area contributed by atoms with Crippen LogP contribution in [0.2, 0.25) is 0 Å². The molecular weight excluding hydrogens is 180 g/mol. The maximum atomic E-state index is 11.0. The van der Waals surface area contributed by atoms with E-state index >= 15 is 0 Å². The molecule has 70 valence electrons. The van der Waals surface area contributed by atoms with Crippen LogP contribution in [0.5, 0.6) is 0 Å². The zero-order chi connectivity index (χ0) is 9.19. The van der Waals surface area contributed by atoms with E-state index in [0.29, 0.717) is 13.0 Å². The van der Waals surface area contributed by atoms with Crippen molar-refractivity contribution in [3.63, 3.8) is 0 Å². The van der Waals surface area contributed by atoms with Crippen molar-refractivity contribution in [2.45, 2.75) is 18.9 Å². The van der Waals surface area contributed by atoms with Crippen molar-refractivity contribution >= 4 is 15.9 Å². The number of hydrogen-bond acceptors (Lipinski definition) is 3. The van der Waals surface area contributed by atoms with Crippen LogP contribution in [-0.2, 0) is 14.8 Å². The third kappa shape index (κ3) is 2.78. The highest BCUT2D eigenvalue weighted by Crippen LogP contribution is 2.03. The van der Waals surface area contributed by atoms with Gasteiger partial charge >= 0.3 is 0 Å². The predicted molar refractivity (Wildman–Crippen MR) is 44.0 cm³/mol. The van der Waals surface area contributed by atoms with E-state index < -0.39 is 16.1 Å². The summed E-state index contributed by atoms with van der Waals surface area (Å²) in [6.07, 6.45) is 2.45. The largest absolute Gasteiger partial charge is 0.355 e. The topological polar surface area (TPSA) is 75.3 Å². The second-order valence-electron chi connectivity index (χ2n) is 2.88. The van der Waals surface area contributed by atoms with E-state index in [4.69, 9.17) is 0 Å². The number of carbonyl (C=O) groups is 1. The van der Waals surface area contributed by atoms with Gasteiger partial charge in [0.2, 0.25) is 15.9 Å². The summed E-state index contributed by atoms with van der Waals surface area (Å²) < 4.78 is 23.8. The van der Waals surface area contributed by atoms with E-state index in [-0.39, 0.29) is 5.91 Å². The Morgan fingerprint density at radius 3 is 2.75 bits per heavy atom. The van der Waals surface area contributed by atoms with Crippen molar-refractivity contribution in [2.24, 2.45) is 0 Å². The van der Waals surface area contributed by atoms with Gasteiger partial charge in [0, 0.05) is 6.54 Å². The Morgan fingerprint density at radius 1 is 1.58 bits per heavy atom. The molecule has 2 N–H and O–H groups in total. The average Bonchev–Trinajstić information content (AvgIpc) is 1.91. The molecule has 0 saturated carbocycles. The molecule has 1 aliphatic heterocycles. The van der Waals surface area contributed by atoms with Crippen molar-refractivity contribution in [1.29, 1.82) is 0 Å². The van der Waals surface area contributed by atoms with Crippen molar-refractivity contribution in [3.8, 4) is 0 Å². The summed E-state index contributed by atoms with van der Waals surface area (Å²) in [5.74, 6) is -0.230. The molecule has 0 aromatic carbocycles. The molecule has 12 heavy (non-hydrogen) atoms. The molecule has 5 nitrogen and oxygen atoms in total. The normalized spacial score (nSPS) is 25.1. The SMILES string of the molecule is CS(=O)(=O)N[C@H]1CCCNC1=O. The lowest BCUT2D eigenvalue weighted by Gasteiger charge is -2.21. The van der Waals surface area contributed by atoms with Crippen LogP contribution in [0.15, 0.2) is 0 Å². The summed E-state index contributed by atoms with van der Waals surface area (Å²) in [5.41, 5.74) is 0. The first-order valence-electron chi connectivity index (χ1n) is 3.74. The Morgan fingerprint density at radius 2 is 2.25 bits per heavy atom. The molecule has 1 atom stereocenters. The molecule has 1 rings (SSSR count). The monoisotopic (exact) mass is 192 g/mol. The lowest BCUT2D eigenvalue weighted by molar-refractivity contribution is -0.124. The first kappa shape index (κ1) is 9.47. The number of nitrogens with one attached hydrogen (secondary N) is 2. The summed E-state index contributed by atoms with van der Waals surface area (Å²) in [5, 5.41) is 2.59. The fraction of sp³-hybridized carbons (Fsp3) is 0.833. The molecule has 0 unspecified atom stereocenters. The van der Waals surface area contributed by atoms with Gasteiger partial charge in [-0.25, -0.2) is 13.1 Å². The van der Waals surface area contributed by atoms with E-state index in [9.17, 15) is 13.2 Å². The zero-order valence-electron chi connectivity index (χ0n) is 6.83. The Kier molecular flexibility index (Phi) is 2.69. The zero-order valence-corrected chi connectivity index (χ0v) is 7.65. The van der Waals surface area contributed by atoms with E-state index in [1.807, 2.05) is 0 Å². The van der Waals surface area contributed by atoms with E-state index in [1.54, 1.807) is 0 Å². The molecular formula is C6H12N2O3S. The summed E-state index contributed by atoms with van der Waals surface area (Å²) >= 11 is 0. The molecule has 0 bridgehead atoms. The van der Waals surface area contributed by atoms with Crippen LogP contribution in [0, 0.1) is 0 Å². The van der Waals surface area contributed by atoms with E-state index in [0.717, 1.165) is 12.7 Å². The highest BCUT2D eigenvalue weighted by Gasteiger charge is 2.24. The van der Waals surface area contributed by atoms with Crippen LogP contribution in [0.25, 0.3) is 0 Å². The Hall–Kier alpha value is -0.620. The molecule has 6 heteroatoms. The Labute approximate surface area is 71.6 Å². The van der Waals surface area contributed by atoms with Crippen molar-refractivity contribution in [3.05, 3.63) is 0 Å². The standard InChI is InChI=1S/C6H12N2O3S/c1-12(10,11)8-5-3-2-4-7-6(5)9/h5,8H,2-4H2,1H3,(H,7,9)/t5-/m0/s1. The maximum Gasteiger partial charge on any atom is 0.238 e. The van der Waals surface area contributed by atoms with Gasteiger partial charge in [-0.2, -0.15) is 0 Å². The average molecular weight is 192 g/mol. The number of sulfonamides is 1. The quantitative estimate of drug-likeness (QED) is 0.578. The lowest BCUT2D eigenvalue weighted by Crippen LogP contribution is -2.49. The highest BCUT2D eigenvalue weighted by molar-refractivity contribution is 7.88. The third-order valence-corrected chi connectivity index (χ3v) is 2.35. The fourth-order valence-corrected chi connectivity index (χ4v) is 1.88. The van der Waals surface area contributed by atoms with Crippen LogP contribution in [-0.4, -0.2) is 33.2 Å². The molecule has 1 saturated heterocycles. The number of amides is 1. The van der Waals surface area contributed by atoms with Gasteiger partial charge in [-0.1, -0.05) is 0 Å². The van der Waals surface area contributed by atoms with Gasteiger partial charge in [-0.15, -0.1) is 0 Å². The van der Waals surface area contributed by atoms with Gasteiger partial charge in [-0.05, 0) is 12.8 Å². The number of hydrogen-bond donors (Lipinski definition) is 2.